The van der Waals surface area contributed by atoms with Gasteiger partial charge in [-0.05, 0) is 53.1 Å². The molecule has 3 atom stereocenters. The summed E-state index contributed by atoms with van der Waals surface area (Å²) < 4.78 is 11.8. The lowest BCUT2D eigenvalue weighted by molar-refractivity contribution is -0.118. The molecule has 0 bridgehead atoms. The third-order valence-corrected chi connectivity index (χ3v) is 9.09. The number of aromatic nitrogens is 1. The van der Waals surface area contributed by atoms with E-state index in [-0.39, 0.29) is 18.8 Å². The molecule has 1 fully saturated rings. The number of hydrogen-bond acceptors (Lipinski definition) is 7. The second-order valence-corrected chi connectivity index (χ2v) is 12.5. The number of amides is 3. The monoisotopic (exact) mass is 687 g/mol. The van der Waals surface area contributed by atoms with Crippen LogP contribution in [0, 0.1) is 0 Å². The number of carbonyl (C=O) groups is 3. The maximum absolute atomic E-state index is 13.9. The summed E-state index contributed by atoms with van der Waals surface area (Å²) in [5.41, 5.74) is 3.86. The Morgan fingerprint density at radius 1 is 0.941 bits per heavy atom. The van der Waals surface area contributed by atoms with Crippen LogP contribution < -0.4 is 20.9 Å². The van der Waals surface area contributed by atoms with E-state index < -0.39 is 30.1 Å². The van der Waals surface area contributed by atoms with Gasteiger partial charge in [-0.25, -0.2) is 9.59 Å². The van der Waals surface area contributed by atoms with Gasteiger partial charge in [0.25, 0.3) is 0 Å². The van der Waals surface area contributed by atoms with Crippen LogP contribution in [0.1, 0.15) is 29.0 Å². The Hall–Kier alpha value is -5.78. The third-order valence-electron chi connectivity index (χ3n) is 9.09. The first-order chi connectivity index (χ1) is 24.9. The number of carbonyl (C=O) groups excluding carboxylic acids is 2. The molecular weight excluding hydrogens is 646 g/mol. The Labute approximate surface area is 296 Å². The number of rotatable bonds is 12. The quantitative estimate of drug-likeness (QED) is 0.121. The van der Waals surface area contributed by atoms with Gasteiger partial charge in [0.05, 0.1) is 24.4 Å². The summed E-state index contributed by atoms with van der Waals surface area (Å²) in [6, 6.07) is 32.7. The van der Waals surface area contributed by atoms with E-state index in [1.54, 1.807) is 19.4 Å². The molecule has 3 amide bonds. The highest BCUT2D eigenvalue weighted by molar-refractivity contribution is 6.01. The molecule has 262 valence electrons. The molecule has 51 heavy (non-hydrogen) atoms. The van der Waals surface area contributed by atoms with E-state index in [2.05, 4.69) is 20.9 Å². The number of pyridine rings is 1. The predicted octanol–water partition coefficient (Wildman–Crippen LogP) is 6.20. The number of hydrogen-bond donors (Lipinski definition) is 4. The topological polar surface area (TPSA) is 142 Å². The predicted molar refractivity (Wildman–Crippen MR) is 196 cm³/mol. The van der Waals surface area contributed by atoms with Crippen LogP contribution in [0.15, 0.2) is 122 Å². The van der Waals surface area contributed by atoms with Crippen molar-refractivity contribution in [1.29, 1.82) is 0 Å². The largest absolute Gasteiger partial charge is 0.465 e. The normalized spacial score (nSPS) is 16.3. The zero-order valence-corrected chi connectivity index (χ0v) is 28.3. The molecular formula is C40H41N5O6. The van der Waals surface area contributed by atoms with E-state index in [9.17, 15) is 19.5 Å². The molecule has 5 aromatic rings. The summed E-state index contributed by atoms with van der Waals surface area (Å²) in [5, 5.41) is 20.5. The fourth-order valence-electron chi connectivity index (χ4n) is 6.44. The summed E-state index contributed by atoms with van der Waals surface area (Å²) in [6.45, 7) is 1.11. The summed E-state index contributed by atoms with van der Waals surface area (Å²) >= 11 is 0. The Morgan fingerprint density at radius 2 is 1.65 bits per heavy atom. The van der Waals surface area contributed by atoms with Crippen molar-refractivity contribution in [2.24, 2.45) is 0 Å². The zero-order chi connectivity index (χ0) is 35.6. The molecule has 1 aliphatic rings. The van der Waals surface area contributed by atoms with Crippen molar-refractivity contribution in [1.82, 2.24) is 15.6 Å². The minimum Gasteiger partial charge on any atom is -0.465 e. The molecule has 1 aromatic heterocycles. The van der Waals surface area contributed by atoms with E-state index in [4.69, 9.17) is 9.47 Å². The van der Waals surface area contributed by atoms with Gasteiger partial charge in [-0.3, -0.25) is 14.7 Å². The lowest BCUT2D eigenvalue weighted by atomic mass is 9.84. The Morgan fingerprint density at radius 3 is 2.33 bits per heavy atom. The van der Waals surface area contributed by atoms with Gasteiger partial charge in [-0.1, -0.05) is 91.0 Å². The van der Waals surface area contributed by atoms with E-state index >= 15 is 0 Å². The van der Waals surface area contributed by atoms with Gasteiger partial charge in [-0.2, -0.15) is 0 Å². The van der Waals surface area contributed by atoms with Crippen LogP contribution in [0.5, 0.6) is 0 Å². The molecule has 0 spiro atoms. The van der Waals surface area contributed by atoms with E-state index in [0.717, 1.165) is 33.2 Å². The van der Waals surface area contributed by atoms with Gasteiger partial charge >= 0.3 is 12.2 Å². The fraction of sp³-hybridized carbons (Fsp3) is 0.250. The molecule has 6 rings (SSSR count). The molecule has 0 aliphatic carbocycles. The number of ether oxygens (including phenoxy) is 2. The zero-order valence-electron chi connectivity index (χ0n) is 28.3. The number of benzene rings is 4. The van der Waals surface area contributed by atoms with Gasteiger partial charge in [0.15, 0.2) is 0 Å². The molecule has 1 saturated heterocycles. The number of nitrogens with zero attached hydrogens (tertiary/aromatic N) is 2. The highest BCUT2D eigenvalue weighted by Gasteiger charge is 2.33. The van der Waals surface area contributed by atoms with Crippen LogP contribution in [0.25, 0.3) is 10.8 Å². The van der Waals surface area contributed by atoms with Crippen molar-refractivity contribution in [3.8, 4) is 0 Å². The van der Waals surface area contributed by atoms with Crippen molar-refractivity contribution in [2.75, 3.05) is 37.0 Å². The Kier molecular flexibility index (Phi) is 11.5. The van der Waals surface area contributed by atoms with Crippen LogP contribution >= 0.6 is 0 Å². The number of para-hydroxylation sites is 1. The van der Waals surface area contributed by atoms with Crippen molar-refractivity contribution >= 4 is 40.2 Å². The minimum atomic E-state index is -1.29. The van der Waals surface area contributed by atoms with Crippen LogP contribution in [0.2, 0.25) is 0 Å². The molecule has 1 aliphatic heterocycles. The van der Waals surface area contributed by atoms with E-state index in [1.807, 2.05) is 109 Å². The number of fused-ring (bicyclic) bond motifs is 1. The minimum absolute atomic E-state index is 0.0893. The summed E-state index contributed by atoms with van der Waals surface area (Å²) in [6.07, 6.45) is 2.91. The highest BCUT2D eigenvalue weighted by Crippen LogP contribution is 2.30. The Balaban J connectivity index is 1.04. The summed E-state index contributed by atoms with van der Waals surface area (Å²) in [7, 11) is 1.68. The van der Waals surface area contributed by atoms with Gasteiger partial charge in [-0.15, -0.1) is 0 Å². The van der Waals surface area contributed by atoms with Gasteiger partial charge < -0.3 is 30.5 Å². The number of aryl methyl sites for hydroxylation is 1. The van der Waals surface area contributed by atoms with Crippen LogP contribution in [0.3, 0.4) is 0 Å². The first-order valence-electron chi connectivity index (χ1n) is 16.9. The summed E-state index contributed by atoms with van der Waals surface area (Å²) in [5.74, 6) is -1.01. The smallest absolute Gasteiger partial charge is 0.414 e. The molecule has 2 heterocycles. The van der Waals surface area contributed by atoms with Crippen LogP contribution in [0.4, 0.5) is 21.0 Å². The Bertz CT molecular complexity index is 1890. The lowest BCUT2D eigenvalue weighted by Gasteiger charge is -2.31. The average Bonchev–Trinajstić information content (AvgIpc) is 3.17. The van der Waals surface area contributed by atoms with Crippen molar-refractivity contribution in [2.45, 2.75) is 36.9 Å². The van der Waals surface area contributed by atoms with Crippen LogP contribution in [-0.4, -0.2) is 73.2 Å². The second-order valence-electron chi connectivity index (χ2n) is 12.5. The van der Waals surface area contributed by atoms with Crippen molar-refractivity contribution in [3.05, 3.63) is 138 Å². The van der Waals surface area contributed by atoms with Crippen molar-refractivity contribution < 1.29 is 29.0 Å². The molecule has 0 unspecified atom stereocenters. The molecule has 4 N–H and O–H groups in total. The lowest BCUT2D eigenvalue weighted by Crippen LogP contribution is -2.49. The van der Waals surface area contributed by atoms with Gasteiger partial charge in [0, 0.05) is 43.0 Å². The first kappa shape index (κ1) is 35.1. The first-order valence-corrected chi connectivity index (χ1v) is 16.9. The molecule has 11 heteroatoms. The van der Waals surface area contributed by atoms with E-state index in [0.29, 0.717) is 31.7 Å². The highest BCUT2D eigenvalue weighted by atomic mass is 16.6. The van der Waals surface area contributed by atoms with Gasteiger partial charge in [0.2, 0.25) is 5.91 Å². The van der Waals surface area contributed by atoms with E-state index in [1.165, 1.54) is 4.90 Å². The average molecular weight is 688 g/mol. The third kappa shape index (κ3) is 8.88. The maximum atomic E-state index is 13.9. The number of anilines is 2. The summed E-state index contributed by atoms with van der Waals surface area (Å²) in [4.78, 5) is 44.4. The molecule has 4 aromatic carbocycles. The second kappa shape index (κ2) is 16.8. The van der Waals surface area contributed by atoms with Crippen molar-refractivity contribution in [3.63, 3.8) is 0 Å². The molecule has 11 nitrogen and oxygen atoms in total. The standard InChI is InChI=1S/C40H41N5O6/c1-45(35-18-10-16-27-21-22-41-24-33(27)35)40(49)51-26-31-25-50-32(23-42-31)20-19-28-11-8-9-17-34(28)43-38(46)37(44-39(47)48)36(29-12-4-2-5-13-29)30-14-6-3-7-15-30/h2-18,21-22,24,31-32,36-37,42,44H,19-20,23,25-26H2,1H3,(H,43,46)(H,47,48)/t31-,32+,37-/m0/s1. The molecule has 0 radical (unpaired) electrons. The fourth-order valence-corrected chi connectivity index (χ4v) is 6.44. The van der Waals surface area contributed by atoms with Crippen LogP contribution in [-0.2, 0) is 20.7 Å². The van der Waals surface area contributed by atoms with Gasteiger partial charge in [0.1, 0.15) is 12.6 Å². The number of carboxylic acid groups (broad SMARTS) is 1. The molecule has 0 saturated carbocycles. The SMILES string of the molecule is CN(C(=O)OC[C@@H]1CO[C@H](CCc2ccccc2NC(=O)[C@@H](NC(=O)O)C(c2ccccc2)c2ccccc2)CN1)c1cccc2ccncc12. The number of nitrogens with one attached hydrogen (secondary N) is 3. The number of morpholine rings is 1. The maximum Gasteiger partial charge on any atom is 0.414 e.